The monoisotopic (exact) mass is 310 g/mol. The van der Waals surface area contributed by atoms with Gasteiger partial charge in [-0.2, -0.15) is 0 Å². The molecule has 8 heteroatoms. The Bertz CT molecular complexity index is 556. The summed E-state index contributed by atoms with van der Waals surface area (Å²) in [7, 11) is 1.45. The number of carbonyl (C=O) groups excluding carboxylic acids is 3. The van der Waals surface area contributed by atoms with Crippen LogP contribution in [0, 0.1) is 0 Å². The number of anilines is 2. The molecule has 8 nitrogen and oxygen atoms in total. The Hall–Kier alpha value is -2.77. The summed E-state index contributed by atoms with van der Waals surface area (Å²) in [4.78, 5) is 33.2. The molecule has 0 aliphatic carbocycles. The van der Waals surface area contributed by atoms with Gasteiger partial charge >= 0.3 is 18.4 Å². The summed E-state index contributed by atoms with van der Waals surface area (Å²) in [6, 6.07) is 4.80. The molecule has 0 spiro atoms. The Morgan fingerprint density at radius 2 is 1.64 bits per heavy atom. The van der Waals surface area contributed by atoms with Crippen LogP contribution in [0.3, 0.4) is 0 Å². The first-order chi connectivity index (χ1) is 10.3. The van der Waals surface area contributed by atoms with Gasteiger partial charge in [0, 0.05) is 26.5 Å². The van der Waals surface area contributed by atoms with E-state index in [-0.39, 0.29) is 5.91 Å². The summed E-state index contributed by atoms with van der Waals surface area (Å²) < 4.78 is 14.9. The minimum Gasteiger partial charge on any atom is -0.495 e. The molecule has 0 aliphatic heterocycles. The molecule has 1 aromatic rings. The van der Waals surface area contributed by atoms with Crippen LogP contribution in [0.5, 0.6) is 5.75 Å². The maximum atomic E-state index is 11.1. The van der Waals surface area contributed by atoms with Crippen molar-refractivity contribution in [3.63, 3.8) is 0 Å². The van der Waals surface area contributed by atoms with E-state index in [1.54, 1.807) is 18.2 Å². The molecule has 1 amide bonds. The molecule has 0 aliphatic rings. The first-order valence-corrected chi connectivity index (χ1v) is 6.38. The molecular formula is C14H18N2O6. The molecule has 0 atom stereocenters. The highest BCUT2D eigenvalue weighted by atomic mass is 16.7. The lowest BCUT2D eigenvalue weighted by Gasteiger charge is -2.20. The summed E-state index contributed by atoms with van der Waals surface area (Å²) >= 11 is 0. The van der Waals surface area contributed by atoms with Crippen LogP contribution in [0.1, 0.15) is 20.8 Å². The van der Waals surface area contributed by atoms with Crippen molar-refractivity contribution >= 4 is 29.2 Å². The average Bonchev–Trinajstić information content (AvgIpc) is 2.36. The average molecular weight is 310 g/mol. The molecule has 0 unspecified atom stereocenters. The predicted octanol–water partition coefficient (Wildman–Crippen LogP) is 1.48. The highest BCUT2D eigenvalue weighted by Crippen LogP contribution is 2.28. The molecule has 0 saturated carbocycles. The van der Waals surface area contributed by atoms with Crippen molar-refractivity contribution < 1.29 is 28.6 Å². The van der Waals surface area contributed by atoms with Crippen molar-refractivity contribution in [2.24, 2.45) is 0 Å². The number of benzene rings is 1. The van der Waals surface area contributed by atoms with E-state index in [9.17, 15) is 14.4 Å². The second-order valence-electron chi connectivity index (χ2n) is 4.29. The van der Waals surface area contributed by atoms with Crippen LogP contribution in [0.15, 0.2) is 18.2 Å². The summed E-state index contributed by atoms with van der Waals surface area (Å²) in [6.45, 7) is 3.74. The van der Waals surface area contributed by atoms with Crippen LogP contribution in [-0.4, -0.2) is 31.4 Å². The lowest BCUT2D eigenvalue weighted by atomic mass is 10.2. The molecular weight excluding hydrogens is 292 g/mol. The molecule has 0 aromatic heterocycles. The summed E-state index contributed by atoms with van der Waals surface area (Å²) in [5.41, 5.74) is 0.876. The topological polar surface area (TPSA) is 103 Å². The van der Waals surface area contributed by atoms with Crippen LogP contribution in [0.2, 0.25) is 0 Å². The zero-order valence-electron chi connectivity index (χ0n) is 12.8. The summed E-state index contributed by atoms with van der Waals surface area (Å²) in [5.74, 6) is -1.09. The van der Waals surface area contributed by atoms with Gasteiger partial charge in [0.05, 0.1) is 12.8 Å². The first kappa shape index (κ1) is 17.3. The molecule has 120 valence electrons. The minimum absolute atomic E-state index is 0.243. The van der Waals surface area contributed by atoms with E-state index in [4.69, 9.17) is 14.2 Å². The number of rotatable bonds is 6. The smallest absolute Gasteiger partial charge is 0.329 e. The number of ether oxygens (including phenoxy) is 3. The van der Waals surface area contributed by atoms with Crippen LogP contribution in [0.4, 0.5) is 11.4 Å². The number of hydrogen-bond acceptors (Lipinski definition) is 7. The van der Waals surface area contributed by atoms with Crippen molar-refractivity contribution in [2.45, 2.75) is 27.2 Å². The van der Waals surface area contributed by atoms with Crippen LogP contribution < -0.4 is 15.4 Å². The molecule has 0 fully saturated rings. The standard InChI is InChI=1S/C14H18N2O6/c1-8(17)15-11-5-6-13(20-4)12(7-11)16-14(21-9(2)18)22-10(3)19/h5-7,14,16H,1-4H3,(H,15,17). The fourth-order valence-corrected chi connectivity index (χ4v) is 1.61. The van der Waals surface area contributed by atoms with Gasteiger partial charge in [-0.15, -0.1) is 0 Å². The van der Waals surface area contributed by atoms with E-state index in [0.29, 0.717) is 17.1 Å². The van der Waals surface area contributed by atoms with E-state index in [0.717, 1.165) is 0 Å². The fraction of sp³-hybridized carbons (Fsp3) is 0.357. The third-order valence-electron chi connectivity index (χ3n) is 2.34. The van der Waals surface area contributed by atoms with Crippen molar-refractivity contribution in [1.82, 2.24) is 0 Å². The molecule has 22 heavy (non-hydrogen) atoms. The number of hydrogen-bond donors (Lipinski definition) is 2. The Labute approximate surface area is 127 Å². The fourth-order valence-electron chi connectivity index (χ4n) is 1.61. The maximum absolute atomic E-state index is 11.1. The first-order valence-electron chi connectivity index (χ1n) is 6.38. The lowest BCUT2D eigenvalue weighted by Crippen LogP contribution is -2.30. The van der Waals surface area contributed by atoms with E-state index in [2.05, 4.69) is 10.6 Å². The van der Waals surface area contributed by atoms with Gasteiger partial charge in [-0.1, -0.05) is 0 Å². The molecule has 0 radical (unpaired) electrons. The van der Waals surface area contributed by atoms with Crippen LogP contribution in [-0.2, 0) is 23.9 Å². The molecule has 1 rings (SSSR count). The van der Waals surface area contributed by atoms with Gasteiger partial charge in [0.1, 0.15) is 5.75 Å². The highest BCUT2D eigenvalue weighted by molar-refractivity contribution is 5.89. The van der Waals surface area contributed by atoms with Gasteiger partial charge in [0.15, 0.2) is 0 Å². The molecule has 0 saturated heterocycles. The van der Waals surface area contributed by atoms with E-state index in [1.165, 1.54) is 27.9 Å². The minimum atomic E-state index is -1.31. The third kappa shape index (κ3) is 5.70. The highest BCUT2D eigenvalue weighted by Gasteiger charge is 2.17. The van der Waals surface area contributed by atoms with Gasteiger partial charge in [-0.3, -0.25) is 14.4 Å². The zero-order valence-corrected chi connectivity index (χ0v) is 12.8. The number of esters is 2. The van der Waals surface area contributed by atoms with Gasteiger partial charge in [0.2, 0.25) is 5.91 Å². The molecule has 0 bridgehead atoms. The Balaban J connectivity index is 3.01. The largest absolute Gasteiger partial charge is 0.495 e. The summed E-state index contributed by atoms with van der Waals surface area (Å²) in [5, 5.41) is 5.31. The van der Waals surface area contributed by atoms with Gasteiger partial charge in [-0.25, -0.2) is 0 Å². The van der Waals surface area contributed by atoms with Gasteiger partial charge in [0.25, 0.3) is 0 Å². The van der Waals surface area contributed by atoms with Crippen molar-refractivity contribution in [3.8, 4) is 5.75 Å². The lowest BCUT2D eigenvalue weighted by molar-refractivity contribution is -0.179. The van der Waals surface area contributed by atoms with E-state index >= 15 is 0 Å². The van der Waals surface area contributed by atoms with Gasteiger partial charge in [-0.05, 0) is 18.2 Å². The molecule has 0 heterocycles. The Morgan fingerprint density at radius 3 is 2.09 bits per heavy atom. The number of methoxy groups -OCH3 is 1. The third-order valence-corrected chi connectivity index (χ3v) is 2.34. The normalized spacial score (nSPS) is 9.86. The number of carbonyl (C=O) groups is 3. The van der Waals surface area contributed by atoms with E-state index in [1.807, 2.05) is 0 Å². The summed E-state index contributed by atoms with van der Waals surface area (Å²) in [6.07, 6.45) is -1.31. The molecule has 2 N–H and O–H groups in total. The van der Waals surface area contributed by atoms with Crippen molar-refractivity contribution in [2.75, 3.05) is 17.7 Å². The van der Waals surface area contributed by atoms with Gasteiger partial charge < -0.3 is 24.8 Å². The predicted molar refractivity (Wildman–Crippen MR) is 78.2 cm³/mol. The second kappa shape index (κ2) is 7.87. The van der Waals surface area contributed by atoms with E-state index < -0.39 is 18.4 Å². The Morgan fingerprint density at radius 1 is 1.05 bits per heavy atom. The quantitative estimate of drug-likeness (QED) is 0.606. The second-order valence-corrected chi connectivity index (χ2v) is 4.29. The zero-order chi connectivity index (χ0) is 16.7. The van der Waals surface area contributed by atoms with Crippen molar-refractivity contribution in [3.05, 3.63) is 18.2 Å². The number of nitrogens with one attached hydrogen (secondary N) is 2. The van der Waals surface area contributed by atoms with Crippen molar-refractivity contribution in [1.29, 1.82) is 0 Å². The van der Waals surface area contributed by atoms with Crippen LogP contribution >= 0.6 is 0 Å². The number of amides is 1. The van der Waals surface area contributed by atoms with Crippen LogP contribution in [0.25, 0.3) is 0 Å². The molecule has 1 aromatic carbocycles. The maximum Gasteiger partial charge on any atom is 0.329 e. The SMILES string of the molecule is COc1ccc(NC(C)=O)cc1NC(OC(C)=O)OC(C)=O. The Kier molecular flexibility index (Phi) is 6.18.